The first kappa shape index (κ1) is 12.2. The smallest absolute Gasteiger partial charge is 0.308 e. The van der Waals surface area contributed by atoms with Crippen molar-refractivity contribution < 1.29 is 9.53 Å². The van der Waals surface area contributed by atoms with Gasteiger partial charge in [0.1, 0.15) is 0 Å². The van der Waals surface area contributed by atoms with Crippen molar-refractivity contribution in [1.29, 1.82) is 0 Å². The van der Waals surface area contributed by atoms with E-state index in [4.69, 9.17) is 0 Å². The fraction of sp³-hybridized carbons (Fsp3) is 0.727. The second-order valence-corrected chi connectivity index (χ2v) is 3.35. The summed E-state index contributed by atoms with van der Waals surface area (Å²) in [7, 11) is 1.44. The van der Waals surface area contributed by atoms with Crippen LogP contribution in [0, 0.1) is 5.92 Å². The predicted octanol–water partition coefficient (Wildman–Crippen LogP) is 2.93. The Morgan fingerprint density at radius 3 is 2.69 bits per heavy atom. The van der Waals surface area contributed by atoms with E-state index in [1.165, 1.54) is 20.0 Å². The zero-order chi connectivity index (χ0) is 10.1. The topological polar surface area (TPSA) is 26.3 Å². The van der Waals surface area contributed by atoms with Crippen LogP contribution >= 0.6 is 0 Å². The monoisotopic (exact) mass is 184 g/mol. The minimum absolute atomic E-state index is 0.0498. The maximum Gasteiger partial charge on any atom is 0.308 e. The Hall–Kier alpha value is -0.790. The van der Waals surface area contributed by atoms with E-state index in [9.17, 15) is 4.79 Å². The number of unbranched alkanes of at least 4 members (excludes halogenated alkanes) is 3. The summed E-state index contributed by atoms with van der Waals surface area (Å²) in [6.45, 7) is 5.58. The molecule has 1 atom stereocenters. The highest BCUT2D eigenvalue weighted by molar-refractivity contribution is 5.71. The maximum atomic E-state index is 11.0. The Balaban J connectivity index is 3.31. The molecule has 0 heterocycles. The Labute approximate surface area is 81.0 Å². The van der Waals surface area contributed by atoms with Gasteiger partial charge in [-0.3, -0.25) is 4.79 Å². The van der Waals surface area contributed by atoms with Gasteiger partial charge < -0.3 is 4.74 Å². The summed E-state index contributed by atoms with van der Waals surface area (Å²) in [6.07, 6.45) is 7.40. The first-order valence-electron chi connectivity index (χ1n) is 4.91. The first-order valence-corrected chi connectivity index (χ1v) is 4.91. The quantitative estimate of drug-likeness (QED) is 0.345. The summed E-state index contributed by atoms with van der Waals surface area (Å²) < 4.78 is 4.64. The highest BCUT2D eigenvalue weighted by Gasteiger charge is 2.11. The normalized spacial score (nSPS) is 12.2. The second kappa shape index (κ2) is 7.84. The number of methoxy groups -OCH3 is 1. The lowest BCUT2D eigenvalue weighted by molar-refractivity contribution is -0.145. The van der Waals surface area contributed by atoms with Crippen LogP contribution in [0.4, 0.5) is 0 Å². The predicted molar refractivity (Wildman–Crippen MR) is 54.5 cm³/mol. The summed E-state index contributed by atoms with van der Waals surface area (Å²) in [4.78, 5) is 11.0. The molecule has 76 valence electrons. The van der Waals surface area contributed by atoms with Gasteiger partial charge in [-0.05, 0) is 19.3 Å². The van der Waals surface area contributed by atoms with Crippen molar-refractivity contribution in [2.24, 2.45) is 5.92 Å². The molecular weight excluding hydrogens is 164 g/mol. The van der Waals surface area contributed by atoms with Crippen molar-refractivity contribution in [3.8, 4) is 0 Å². The molecule has 0 unspecified atom stereocenters. The van der Waals surface area contributed by atoms with Gasteiger partial charge in [-0.2, -0.15) is 0 Å². The summed E-state index contributed by atoms with van der Waals surface area (Å²) in [5, 5.41) is 0. The second-order valence-electron chi connectivity index (χ2n) is 3.35. The van der Waals surface area contributed by atoms with E-state index in [2.05, 4.69) is 11.3 Å². The molecule has 2 nitrogen and oxygen atoms in total. The number of ether oxygens (including phenoxy) is 1. The third kappa shape index (κ3) is 6.38. The number of hydrogen-bond acceptors (Lipinski definition) is 2. The molecule has 0 aliphatic rings. The van der Waals surface area contributed by atoms with Gasteiger partial charge in [0.25, 0.3) is 0 Å². The van der Waals surface area contributed by atoms with E-state index in [0.29, 0.717) is 0 Å². The van der Waals surface area contributed by atoms with Gasteiger partial charge in [0.15, 0.2) is 0 Å². The van der Waals surface area contributed by atoms with Crippen LogP contribution in [0.5, 0.6) is 0 Å². The number of rotatable bonds is 7. The summed E-state index contributed by atoms with van der Waals surface area (Å²) >= 11 is 0. The van der Waals surface area contributed by atoms with E-state index in [1.807, 2.05) is 13.0 Å². The van der Waals surface area contributed by atoms with Crippen molar-refractivity contribution >= 4 is 5.97 Å². The molecule has 0 bridgehead atoms. The third-order valence-corrected chi connectivity index (χ3v) is 2.15. The fourth-order valence-corrected chi connectivity index (χ4v) is 1.24. The van der Waals surface area contributed by atoms with Crippen LogP contribution in [0.25, 0.3) is 0 Å². The molecule has 0 aliphatic heterocycles. The van der Waals surface area contributed by atoms with E-state index in [0.717, 1.165) is 19.3 Å². The summed E-state index contributed by atoms with van der Waals surface area (Å²) in [5.74, 6) is -0.0440. The molecule has 0 spiro atoms. The van der Waals surface area contributed by atoms with E-state index in [-0.39, 0.29) is 11.9 Å². The molecule has 0 aromatic carbocycles. The summed E-state index contributed by atoms with van der Waals surface area (Å²) in [6, 6.07) is 0. The van der Waals surface area contributed by atoms with Crippen LogP contribution in [0.1, 0.15) is 39.0 Å². The molecule has 0 aliphatic carbocycles. The number of allylic oxidation sites excluding steroid dienone is 1. The van der Waals surface area contributed by atoms with Gasteiger partial charge in [0.05, 0.1) is 13.0 Å². The molecule has 0 fully saturated rings. The van der Waals surface area contributed by atoms with Crippen LogP contribution in [-0.4, -0.2) is 13.1 Å². The van der Waals surface area contributed by atoms with Crippen molar-refractivity contribution in [3.05, 3.63) is 12.7 Å². The summed E-state index contributed by atoms with van der Waals surface area (Å²) in [5.41, 5.74) is 0. The van der Waals surface area contributed by atoms with Crippen LogP contribution in [-0.2, 0) is 9.53 Å². The lowest BCUT2D eigenvalue weighted by atomic mass is 10.0. The van der Waals surface area contributed by atoms with Crippen molar-refractivity contribution in [1.82, 2.24) is 0 Å². The number of esters is 1. The lowest BCUT2D eigenvalue weighted by Gasteiger charge is -2.07. The number of carbonyl (C=O) groups excluding carboxylic acids is 1. The van der Waals surface area contributed by atoms with Gasteiger partial charge in [0.2, 0.25) is 0 Å². The molecule has 2 heteroatoms. The molecule has 0 saturated heterocycles. The van der Waals surface area contributed by atoms with Gasteiger partial charge in [-0.25, -0.2) is 0 Å². The van der Waals surface area contributed by atoms with E-state index < -0.39 is 0 Å². The Kier molecular flexibility index (Phi) is 7.36. The molecule has 0 radical (unpaired) electrons. The van der Waals surface area contributed by atoms with Crippen LogP contribution in [0.2, 0.25) is 0 Å². The van der Waals surface area contributed by atoms with Gasteiger partial charge in [-0.15, -0.1) is 6.58 Å². The lowest BCUT2D eigenvalue weighted by Crippen LogP contribution is -2.12. The van der Waals surface area contributed by atoms with Crippen LogP contribution in [0.3, 0.4) is 0 Å². The average Bonchev–Trinajstić information content (AvgIpc) is 2.16. The van der Waals surface area contributed by atoms with Crippen molar-refractivity contribution in [3.63, 3.8) is 0 Å². The SMILES string of the molecule is C=CCCCCC[C@@H](C)C(=O)OC. The van der Waals surface area contributed by atoms with Crippen LogP contribution in [0.15, 0.2) is 12.7 Å². The zero-order valence-corrected chi connectivity index (χ0v) is 8.71. The number of hydrogen-bond donors (Lipinski definition) is 0. The Morgan fingerprint density at radius 2 is 2.15 bits per heavy atom. The maximum absolute atomic E-state index is 11.0. The van der Waals surface area contributed by atoms with Crippen molar-refractivity contribution in [2.75, 3.05) is 7.11 Å². The molecule has 0 saturated carbocycles. The van der Waals surface area contributed by atoms with E-state index in [1.54, 1.807) is 0 Å². The van der Waals surface area contributed by atoms with E-state index >= 15 is 0 Å². The molecule has 0 amide bonds. The van der Waals surface area contributed by atoms with Gasteiger partial charge in [0, 0.05) is 0 Å². The van der Waals surface area contributed by atoms with Crippen molar-refractivity contribution in [2.45, 2.75) is 39.0 Å². The minimum Gasteiger partial charge on any atom is -0.469 e. The third-order valence-electron chi connectivity index (χ3n) is 2.15. The average molecular weight is 184 g/mol. The molecule has 0 rings (SSSR count). The van der Waals surface area contributed by atoms with Gasteiger partial charge in [-0.1, -0.05) is 25.8 Å². The fourth-order valence-electron chi connectivity index (χ4n) is 1.24. The van der Waals surface area contributed by atoms with Gasteiger partial charge >= 0.3 is 5.97 Å². The molecular formula is C11H20O2. The van der Waals surface area contributed by atoms with Crippen LogP contribution < -0.4 is 0 Å². The zero-order valence-electron chi connectivity index (χ0n) is 8.71. The highest BCUT2D eigenvalue weighted by atomic mass is 16.5. The Morgan fingerprint density at radius 1 is 1.46 bits per heavy atom. The molecule has 0 aromatic heterocycles. The largest absolute Gasteiger partial charge is 0.469 e. The number of carbonyl (C=O) groups is 1. The molecule has 13 heavy (non-hydrogen) atoms. The Bertz CT molecular complexity index is 152. The first-order chi connectivity index (χ1) is 6.22. The highest BCUT2D eigenvalue weighted by Crippen LogP contribution is 2.11. The minimum atomic E-state index is -0.0938. The standard InChI is InChI=1S/C11H20O2/c1-4-5-6-7-8-9-10(2)11(12)13-3/h4,10H,1,5-9H2,2-3H3/t10-/m1/s1. The molecule has 0 aromatic rings. The molecule has 0 N–H and O–H groups in total.